The summed E-state index contributed by atoms with van der Waals surface area (Å²) in [5.41, 5.74) is 17.6. The molecule has 0 aliphatic rings. The maximum absolute atomic E-state index is 2.52. The van der Waals surface area contributed by atoms with E-state index in [1.165, 1.54) is 80.5 Å². The highest BCUT2D eigenvalue weighted by molar-refractivity contribution is 7.17. The van der Waals surface area contributed by atoms with Crippen LogP contribution in [0.2, 0.25) is 0 Å². The molecule has 0 spiro atoms. The summed E-state index contributed by atoms with van der Waals surface area (Å²) >= 11 is 3.61. The Labute approximate surface area is 397 Å². The van der Waals surface area contributed by atoms with Crippen molar-refractivity contribution < 1.29 is 0 Å². The number of para-hydroxylation sites is 1. The molecule has 4 aromatic heterocycles. The molecule has 0 bridgehead atoms. The van der Waals surface area contributed by atoms with Gasteiger partial charge in [-0.25, -0.2) is 0 Å². The Morgan fingerprint density at radius 3 is 1.46 bits per heavy atom. The quantitative estimate of drug-likeness (QED) is 0.151. The highest BCUT2D eigenvalue weighted by Crippen LogP contribution is 2.46. The molecule has 0 N–H and O–H groups in total. The Morgan fingerprint density at radius 2 is 0.866 bits per heavy atom. The lowest BCUT2D eigenvalue weighted by Crippen LogP contribution is -2.10. The number of aromatic nitrogens is 2. The van der Waals surface area contributed by atoms with E-state index in [-0.39, 0.29) is 0 Å². The van der Waals surface area contributed by atoms with Crippen molar-refractivity contribution in [3.8, 4) is 11.4 Å². The molecule has 67 heavy (non-hydrogen) atoms. The smallest absolute Gasteiger partial charge is 0.0804 e. The van der Waals surface area contributed by atoms with Crippen molar-refractivity contribution in [1.82, 2.24) is 9.13 Å². The van der Waals surface area contributed by atoms with Gasteiger partial charge in [-0.2, -0.15) is 0 Å². The van der Waals surface area contributed by atoms with Crippen molar-refractivity contribution in [3.63, 3.8) is 0 Å². The number of rotatable bonds is 8. The Hall–Kier alpha value is -7.90. The minimum atomic E-state index is 1.10. The normalized spacial score (nSPS) is 11.8. The van der Waals surface area contributed by atoms with E-state index in [0.29, 0.717) is 0 Å². The first-order chi connectivity index (χ1) is 32.9. The third-order valence-corrected chi connectivity index (χ3v) is 15.4. The maximum atomic E-state index is 2.52. The SMILES string of the molecule is Cc1ccc(N(c2ccc(-n3c4cc5ccsc5cc4c4c3c3cc5sccc5cc3n4-c3ccc(N(c4ccccc4)c4cccc5ccccc45)cc3)cc2)c2ccc(C)c(C)c2)cc1. The standard InChI is InChI=1S/C61H44N4S2/c1-39-16-19-46(20-17-39)62(51-21-18-40(2)41(3)34-51)47-22-26-49(27-23-47)64-56-35-43-30-32-66-58(43)37-53(56)61-60(64)54-38-59-44(31-33-67-59)36-57(54)65(61)50-28-24-48(25-29-50)63(45-12-5-4-6-13-45)55-15-9-11-42-10-7-8-14-52(42)55/h4-38H,1-3H3. The zero-order valence-electron chi connectivity index (χ0n) is 37.3. The molecule has 0 amide bonds. The first-order valence-corrected chi connectivity index (χ1v) is 24.6. The lowest BCUT2D eigenvalue weighted by atomic mass is 10.1. The number of aryl methyl sites for hydroxylation is 3. The molecule has 4 nitrogen and oxygen atoms in total. The Balaban J connectivity index is 1.03. The molecule has 0 atom stereocenters. The fraction of sp³-hybridized carbons (Fsp3) is 0.0492. The summed E-state index contributed by atoms with van der Waals surface area (Å²) in [6, 6.07) is 74.1. The first kappa shape index (κ1) is 39.5. The number of thiophene rings is 2. The second-order valence-electron chi connectivity index (χ2n) is 17.7. The van der Waals surface area contributed by atoms with Crippen LogP contribution in [0.3, 0.4) is 0 Å². The second kappa shape index (κ2) is 15.6. The van der Waals surface area contributed by atoms with Crippen LogP contribution in [-0.2, 0) is 0 Å². The lowest BCUT2D eigenvalue weighted by molar-refractivity contribution is 1.17. The van der Waals surface area contributed by atoms with Crippen molar-refractivity contribution in [2.45, 2.75) is 20.8 Å². The molecule has 320 valence electrons. The Bertz CT molecular complexity index is 3990. The molecule has 0 saturated carbocycles. The topological polar surface area (TPSA) is 16.3 Å². The van der Waals surface area contributed by atoms with E-state index in [1.54, 1.807) is 22.7 Å². The molecule has 0 aliphatic heterocycles. The molecule has 0 aliphatic carbocycles. The average molecular weight is 897 g/mol. The predicted molar refractivity (Wildman–Crippen MR) is 289 cm³/mol. The monoisotopic (exact) mass is 896 g/mol. The van der Waals surface area contributed by atoms with Crippen LogP contribution in [-0.4, -0.2) is 9.13 Å². The highest BCUT2D eigenvalue weighted by atomic mass is 32.1. The van der Waals surface area contributed by atoms with Gasteiger partial charge in [-0.05, 0) is 186 Å². The van der Waals surface area contributed by atoms with Gasteiger partial charge >= 0.3 is 0 Å². The molecule has 0 radical (unpaired) electrons. The molecule has 6 heteroatoms. The lowest BCUT2D eigenvalue weighted by Gasteiger charge is -2.27. The summed E-state index contributed by atoms with van der Waals surface area (Å²) in [6.07, 6.45) is 0. The number of hydrogen-bond acceptors (Lipinski definition) is 4. The Kier molecular flexibility index (Phi) is 9.20. The van der Waals surface area contributed by atoms with Gasteiger partial charge in [0.05, 0.1) is 27.8 Å². The van der Waals surface area contributed by atoms with Crippen LogP contribution in [0.25, 0.3) is 75.2 Å². The highest BCUT2D eigenvalue weighted by Gasteiger charge is 2.25. The van der Waals surface area contributed by atoms with Gasteiger partial charge in [-0.15, -0.1) is 22.7 Å². The van der Waals surface area contributed by atoms with Gasteiger partial charge in [-0.1, -0.05) is 78.4 Å². The minimum Gasteiger partial charge on any atom is -0.310 e. The zero-order valence-corrected chi connectivity index (χ0v) is 38.9. The minimum absolute atomic E-state index is 1.10. The van der Waals surface area contributed by atoms with E-state index >= 15 is 0 Å². The van der Waals surface area contributed by atoms with Crippen LogP contribution < -0.4 is 9.80 Å². The summed E-state index contributed by atoms with van der Waals surface area (Å²) in [6.45, 7) is 6.52. The van der Waals surface area contributed by atoms with Crippen LogP contribution in [0.15, 0.2) is 211 Å². The summed E-state index contributed by atoms with van der Waals surface area (Å²) in [5.74, 6) is 0. The fourth-order valence-electron chi connectivity index (χ4n) is 10.1. The third kappa shape index (κ3) is 6.47. The first-order valence-electron chi connectivity index (χ1n) is 22.8. The molecule has 4 heterocycles. The van der Waals surface area contributed by atoms with Crippen molar-refractivity contribution in [2.24, 2.45) is 0 Å². The van der Waals surface area contributed by atoms with Gasteiger partial charge in [0.25, 0.3) is 0 Å². The van der Waals surface area contributed by atoms with Gasteiger partial charge in [0, 0.05) is 65.4 Å². The number of hydrogen-bond donors (Lipinski definition) is 0. The van der Waals surface area contributed by atoms with Crippen molar-refractivity contribution in [3.05, 3.63) is 228 Å². The summed E-state index contributed by atoms with van der Waals surface area (Å²) < 4.78 is 7.60. The number of nitrogens with zero attached hydrogens (tertiary/aromatic N) is 4. The van der Waals surface area contributed by atoms with Gasteiger partial charge in [-0.3, -0.25) is 0 Å². The summed E-state index contributed by atoms with van der Waals surface area (Å²) in [7, 11) is 0. The van der Waals surface area contributed by atoms with Gasteiger partial charge in [0.2, 0.25) is 0 Å². The van der Waals surface area contributed by atoms with Gasteiger partial charge < -0.3 is 18.9 Å². The number of anilines is 6. The molecular formula is C61H44N4S2. The van der Waals surface area contributed by atoms with E-state index < -0.39 is 0 Å². The van der Waals surface area contributed by atoms with Crippen LogP contribution in [0.5, 0.6) is 0 Å². The largest absolute Gasteiger partial charge is 0.310 e. The molecule has 13 rings (SSSR count). The van der Waals surface area contributed by atoms with Crippen LogP contribution in [0.1, 0.15) is 16.7 Å². The van der Waals surface area contributed by atoms with E-state index in [9.17, 15) is 0 Å². The van der Waals surface area contributed by atoms with Crippen LogP contribution in [0, 0.1) is 20.8 Å². The molecular weight excluding hydrogens is 853 g/mol. The average Bonchev–Trinajstić information content (AvgIpc) is 4.16. The maximum Gasteiger partial charge on any atom is 0.0804 e. The third-order valence-electron chi connectivity index (χ3n) is 13.6. The van der Waals surface area contributed by atoms with Crippen molar-refractivity contribution in [2.75, 3.05) is 9.80 Å². The van der Waals surface area contributed by atoms with E-state index in [2.05, 4.69) is 251 Å². The number of benzene rings is 9. The summed E-state index contributed by atoms with van der Waals surface area (Å²) in [5, 5.41) is 11.8. The van der Waals surface area contributed by atoms with Crippen LogP contribution in [0.4, 0.5) is 34.1 Å². The van der Waals surface area contributed by atoms with E-state index in [0.717, 1.165) is 45.5 Å². The number of fused-ring (bicyclic) bond motifs is 8. The van der Waals surface area contributed by atoms with Gasteiger partial charge in [0.1, 0.15) is 0 Å². The summed E-state index contributed by atoms with van der Waals surface area (Å²) in [4.78, 5) is 4.75. The van der Waals surface area contributed by atoms with Crippen molar-refractivity contribution in [1.29, 1.82) is 0 Å². The second-order valence-corrected chi connectivity index (χ2v) is 19.6. The fourth-order valence-corrected chi connectivity index (χ4v) is 11.8. The molecule has 9 aromatic carbocycles. The molecule has 0 unspecified atom stereocenters. The molecule has 0 saturated heterocycles. The Morgan fingerprint density at radius 1 is 0.358 bits per heavy atom. The van der Waals surface area contributed by atoms with Crippen molar-refractivity contribution >= 4 is 121 Å². The molecule has 13 aromatic rings. The van der Waals surface area contributed by atoms with Crippen LogP contribution >= 0.6 is 22.7 Å². The van der Waals surface area contributed by atoms with Gasteiger partial charge in [0.15, 0.2) is 0 Å². The predicted octanol–water partition coefficient (Wildman–Crippen LogP) is 18.2. The van der Waals surface area contributed by atoms with E-state index in [4.69, 9.17) is 0 Å². The zero-order chi connectivity index (χ0) is 44.8. The van der Waals surface area contributed by atoms with E-state index in [1.807, 2.05) is 0 Å². The molecule has 0 fully saturated rings.